The Kier molecular flexibility index (Phi) is 31.8. The molecule has 5 atom stereocenters. The Labute approximate surface area is 595 Å². The van der Waals surface area contributed by atoms with Crippen molar-refractivity contribution < 1.29 is 105 Å². The van der Waals surface area contributed by atoms with E-state index in [9.17, 15) is 52.7 Å². The fraction of sp³-hybridized carbons (Fsp3) is 0.790. The first kappa shape index (κ1) is 84.2. The van der Waals surface area contributed by atoms with Crippen LogP contribution in [-0.2, 0) is 105 Å². The number of ether oxygens (including phenoxy) is 11. The van der Waals surface area contributed by atoms with Gasteiger partial charge in [-0.1, -0.05) is 108 Å². The molecule has 5 unspecified atom stereocenters. The molecule has 3 rings (SSSR count). The van der Waals surface area contributed by atoms with Gasteiger partial charge in [0.15, 0.2) is 0 Å². The van der Waals surface area contributed by atoms with Crippen molar-refractivity contribution in [1.82, 2.24) is 15.5 Å². The number of nitrogens with zero attached hydrogens (tertiary/aromatic N) is 1. The van der Waals surface area contributed by atoms with E-state index in [2.05, 4.69) is 106 Å². The van der Waals surface area contributed by atoms with Crippen LogP contribution >= 0.6 is 95.6 Å². The second-order valence-electron chi connectivity index (χ2n) is 27.3. The summed E-state index contributed by atoms with van der Waals surface area (Å²) in [4.78, 5) is 150. The van der Waals surface area contributed by atoms with Gasteiger partial charge in [-0.3, -0.25) is 57.6 Å². The average Bonchev–Trinajstić information content (AvgIpc) is 1.58. The minimum absolute atomic E-state index is 0.0115. The number of esters is 6. The Morgan fingerprint density at radius 1 is 0.419 bits per heavy atom. The molecule has 3 aliphatic rings. The van der Waals surface area contributed by atoms with Gasteiger partial charge < -0.3 is 62.7 Å². The first-order valence-corrected chi connectivity index (χ1v) is 35.1. The topological polar surface area (TPSA) is 317 Å². The van der Waals surface area contributed by atoms with Crippen molar-refractivity contribution in [3.8, 4) is 0 Å². The maximum Gasteiger partial charge on any atom is 0.322 e. The summed E-state index contributed by atoms with van der Waals surface area (Å²) in [5, 5.41) is 5.81. The van der Waals surface area contributed by atoms with Crippen molar-refractivity contribution in [2.45, 2.75) is 161 Å². The maximum absolute atomic E-state index is 14.9. The van der Waals surface area contributed by atoms with Crippen molar-refractivity contribution in [2.75, 3.05) is 112 Å². The standard InChI is InChI=1S/C62H93Br6N3O22/c1-53(2,63)47(77)87-31-59(13,32-88-48(78)54(3,4)64)40(72)18-19-62(30-70-46(76)61(15,35-91-51(81)57(9,10)67)36-92-52(82)58(11,12)68,20-21-69-45(75)60(14,33-89-49(79)55(5,6)65)34-90-50(80)56(7,8)66)37-86-29-28-85-27-26-84-25-24-83-23-22-71-43(73)41-38-16-17-39(93-38)42(41)44(71)74/h16-17,38-39,41-42H,18-37H2,1-15H3,(H,69,75)(H,70,76). The number of fused-ring (bicyclic) bond motifs is 5. The van der Waals surface area contributed by atoms with Crippen LogP contribution in [0, 0.1) is 33.5 Å². The number of likely N-dealkylation sites (tertiary alicyclic amines) is 1. The predicted molar refractivity (Wildman–Crippen MR) is 360 cm³/mol. The lowest BCUT2D eigenvalue weighted by atomic mass is 9.76. The molecular weight excluding hydrogens is 1620 g/mol. The van der Waals surface area contributed by atoms with E-state index in [1.54, 1.807) is 83.1 Å². The van der Waals surface area contributed by atoms with Crippen LogP contribution in [0.2, 0.25) is 0 Å². The highest BCUT2D eigenvalue weighted by Crippen LogP contribution is 2.45. The molecule has 0 aromatic carbocycles. The molecule has 2 fully saturated rings. The van der Waals surface area contributed by atoms with Crippen LogP contribution in [0.15, 0.2) is 12.2 Å². The lowest BCUT2D eigenvalue weighted by Gasteiger charge is -2.37. The van der Waals surface area contributed by atoms with E-state index < -0.39 is 152 Å². The third kappa shape index (κ3) is 26.3. The molecule has 530 valence electrons. The molecule has 0 radical (unpaired) electrons. The highest BCUT2D eigenvalue weighted by molar-refractivity contribution is 9.11. The van der Waals surface area contributed by atoms with Gasteiger partial charge in [0.1, 0.15) is 82.2 Å². The molecule has 0 spiro atoms. The molecule has 25 nitrogen and oxygen atoms in total. The molecule has 3 aliphatic heterocycles. The lowest BCUT2D eigenvalue weighted by Crippen LogP contribution is -2.52. The highest BCUT2D eigenvalue weighted by atomic mass is 79.9. The van der Waals surface area contributed by atoms with Gasteiger partial charge in [0.2, 0.25) is 23.6 Å². The molecule has 93 heavy (non-hydrogen) atoms. The third-order valence-corrected chi connectivity index (χ3v) is 17.2. The maximum atomic E-state index is 14.9. The van der Waals surface area contributed by atoms with Gasteiger partial charge in [-0.15, -0.1) is 0 Å². The molecule has 0 aliphatic carbocycles. The van der Waals surface area contributed by atoms with Crippen molar-refractivity contribution in [3.63, 3.8) is 0 Å². The Morgan fingerprint density at radius 3 is 1.05 bits per heavy atom. The van der Waals surface area contributed by atoms with Gasteiger partial charge in [-0.25, -0.2) is 0 Å². The Balaban J connectivity index is 2.00. The quantitative estimate of drug-likeness (QED) is 0.0151. The summed E-state index contributed by atoms with van der Waals surface area (Å²) >= 11 is 19.7. The van der Waals surface area contributed by atoms with E-state index in [1.807, 2.05) is 12.2 Å². The molecule has 4 amide bonds. The van der Waals surface area contributed by atoms with Crippen molar-refractivity contribution in [2.24, 2.45) is 33.5 Å². The largest absolute Gasteiger partial charge is 0.463 e. The van der Waals surface area contributed by atoms with Crippen LogP contribution in [0.1, 0.15) is 123 Å². The Morgan fingerprint density at radius 2 is 0.720 bits per heavy atom. The number of nitrogens with one attached hydrogen (secondary N) is 2. The van der Waals surface area contributed by atoms with Crippen LogP contribution in [0.4, 0.5) is 0 Å². The smallest absolute Gasteiger partial charge is 0.322 e. The molecule has 0 aromatic rings. The van der Waals surface area contributed by atoms with Crippen LogP contribution in [-0.4, -0.2) is 220 Å². The normalized spacial score (nSPS) is 18.5. The molecule has 2 bridgehead atoms. The van der Waals surface area contributed by atoms with E-state index in [0.29, 0.717) is 0 Å². The van der Waals surface area contributed by atoms with Gasteiger partial charge in [0.25, 0.3) is 0 Å². The zero-order valence-corrected chi connectivity index (χ0v) is 65.3. The minimum Gasteiger partial charge on any atom is -0.463 e. The number of amides is 4. The number of imide groups is 1. The number of carbonyl (C=O) groups is 11. The van der Waals surface area contributed by atoms with E-state index >= 15 is 0 Å². The third-order valence-electron chi connectivity index (χ3n) is 15.2. The van der Waals surface area contributed by atoms with E-state index in [0.717, 1.165) is 0 Å². The fourth-order valence-corrected chi connectivity index (χ4v) is 9.62. The first-order chi connectivity index (χ1) is 42.5. The summed E-state index contributed by atoms with van der Waals surface area (Å²) in [6.45, 7) is 19.6. The van der Waals surface area contributed by atoms with Crippen LogP contribution in [0.25, 0.3) is 0 Å². The van der Waals surface area contributed by atoms with Crippen molar-refractivity contribution in [3.05, 3.63) is 12.2 Å². The van der Waals surface area contributed by atoms with Crippen LogP contribution in [0.3, 0.4) is 0 Å². The summed E-state index contributed by atoms with van der Waals surface area (Å²) in [7, 11) is 0. The number of ketones is 1. The van der Waals surface area contributed by atoms with E-state index in [1.165, 1.54) is 25.7 Å². The Hall–Kier alpha value is -3.01. The average molecular weight is 1710 g/mol. The van der Waals surface area contributed by atoms with Gasteiger partial charge in [0, 0.05) is 24.9 Å². The molecule has 2 saturated heterocycles. The number of carbonyl (C=O) groups excluding carboxylic acids is 11. The number of alkyl halides is 6. The highest BCUT2D eigenvalue weighted by Gasteiger charge is 2.60. The lowest BCUT2D eigenvalue weighted by molar-refractivity contribution is -0.162. The predicted octanol–water partition coefficient (Wildman–Crippen LogP) is 7.27. The van der Waals surface area contributed by atoms with E-state index in [4.69, 9.17) is 52.1 Å². The van der Waals surface area contributed by atoms with Gasteiger partial charge in [-0.05, 0) is 117 Å². The summed E-state index contributed by atoms with van der Waals surface area (Å²) in [5.41, 5.74) is -6.49. The summed E-state index contributed by atoms with van der Waals surface area (Å²) in [5.74, 6) is -7.90. The fourth-order valence-electron chi connectivity index (χ4n) is 8.93. The van der Waals surface area contributed by atoms with Crippen molar-refractivity contribution >= 4 is 161 Å². The second-order valence-corrected chi connectivity index (χ2v) is 39.2. The van der Waals surface area contributed by atoms with Gasteiger partial charge in [-0.2, -0.15) is 0 Å². The number of rotatable bonds is 43. The number of halogens is 6. The van der Waals surface area contributed by atoms with Crippen molar-refractivity contribution in [1.29, 1.82) is 0 Å². The Bertz CT molecular complexity index is 2480. The van der Waals surface area contributed by atoms with Crippen LogP contribution < -0.4 is 10.6 Å². The summed E-state index contributed by atoms with van der Waals surface area (Å²) in [6.07, 6.45) is 2.29. The minimum atomic E-state index is -1.76. The molecule has 0 aromatic heterocycles. The van der Waals surface area contributed by atoms with E-state index in [-0.39, 0.29) is 116 Å². The SMILES string of the molecule is CC(C)(Br)C(=O)OCC(C)(COC(=O)C(C)(C)Br)C(=O)CCC(CCNC(=O)C(C)(COC(=O)C(C)(C)Br)COC(=O)C(C)(C)Br)(CNC(=O)C(C)(COC(=O)C(C)(C)Br)COC(=O)C(C)(C)Br)COCCOCCOCCOCCN1C(=O)C2C3C=CC(O3)C2C1=O. The summed E-state index contributed by atoms with van der Waals surface area (Å²) in [6, 6.07) is 0. The molecule has 31 heteroatoms. The number of hydrogen-bond donors (Lipinski definition) is 2. The summed E-state index contributed by atoms with van der Waals surface area (Å²) < 4.78 is 56.0. The van der Waals surface area contributed by atoms with Gasteiger partial charge >= 0.3 is 35.8 Å². The molecular formula is C62H93Br6N3O22. The molecule has 0 saturated carbocycles. The zero-order chi connectivity index (χ0) is 71.0. The zero-order valence-electron chi connectivity index (χ0n) is 55.8. The van der Waals surface area contributed by atoms with Gasteiger partial charge in [0.05, 0.1) is 88.9 Å². The monoisotopic (exact) mass is 1710 g/mol. The molecule has 2 N–H and O–H groups in total. The van der Waals surface area contributed by atoms with Crippen LogP contribution in [0.5, 0.6) is 0 Å². The second kappa shape index (κ2) is 35.2. The molecule has 3 heterocycles. The first-order valence-electron chi connectivity index (χ1n) is 30.3. The number of hydrogen-bond acceptors (Lipinski definition) is 22. The number of Topliss-reactive ketones (excluding diaryl/α,β-unsaturated/α-hetero) is 1.